The van der Waals surface area contributed by atoms with E-state index in [1.54, 1.807) is 0 Å². The van der Waals surface area contributed by atoms with E-state index in [9.17, 15) is 8.76 Å². The summed E-state index contributed by atoms with van der Waals surface area (Å²) in [6.45, 7) is 5.38. The molecule has 0 radical (unpaired) electrons. The smallest absolute Gasteiger partial charge is 0.159 e. The maximum absolute atomic E-state index is 12.5. The number of H-pyrrole nitrogens is 1. The van der Waals surface area contributed by atoms with E-state index >= 15 is 0 Å². The third-order valence-corrected chi connectivity index (χ3v) is 9.70. The number of pyridine rings is 1. The molecule has 8 nitrogen and oxygen atoms in total. The van der Waals surface area contributed by atoms with E-state index in [0.29, 0.717) is 11.8 Å². The third-order valence-electron chi connectivity index (χ3n) is 8.63. The Labute approximate surface area is 209 Å². The summed E-state index contributed by atoms with van der Waals surface area (Å²) in [5.74, 6) is 1.13. The van der Waals surface area contributed by atoms with Crippen LogP contribution in [-0.2, 0) is 11.1 Å². The van der Waals surface area contributed by atoms with Crippen LogP contribution in [0.3, 0.4) is 0 Å². The van der Waals surface area contributed by atoms with E-state index in [4.69, 9.17) is 0 Å². The van der Waals surface area contributed by atoms with E-state index in [2.05, 4.69) is 30.0 Å². The summed E-state index contributed by atoms with van der Waals surface area (Å²) < 4.78 is 25.0. The van der Waals surface area contributed by atoms with Crippen molar-refractivity contribution in [2.24, 2.45) is 11.8 Å². The van der Waals surface area contributed by atoms with Gasteiger partial charge in [-0.1, -0.05) is 0 Å². The van der Waals surface area contributed by atoms with Crippen molar-refractivity contribution in [2.45, 2.75) is 62.7 Å². The van der Waals surface area contributed by atoms with Crippen molar-refractivity contribution in [1.29, 1.82) is 0 Å². The van der Waals surface area contributed by atoms with E-state index in [0.717, 1.165) is 79.2 Å². The largest absolute Gasteiger partial charge is 0.771 e. The number of aromatic amines is 1. The molecule has 1 saturated carbocycles. The Morgan fingerprint density at radius 3 is 2.69 bits per heavy atom. The standard InChI is InChI=1S/C26H36N6O2S/c33-35(34)26(32-13-3-4-18(17-32)16-31-11-1-2-12-31)20-7-5-19(6-8-20)24-23-21(15-29-30-24)14-28-25-22(23)9-10-27-25/h9-10,14-15,18-20,26,30H,1-8,11-13,16-17H2,(H,33,34)/p-1. The number of aromatic nitrogens is 4. The maximum Gasteiger partial charge on any atom is 0.159 e. The molecule has 3 unspecified atom stereocenters. The van der Waals surface area contributed by atoms with Crippen LogP contribution >= 0.6 is 0 Å². The number of fused-ring (bicyclic) bond motifs is 3. The van der Waals surface area contributed by atoms with Gasteiger partial charge in [-0.15, -0.1) is 0 Å². The van der Waals surface area contributed by atoms with Gasteiger partial charge in [-0.2, -0.15) is 5.10 Å². The summed E-state index contributed by atoms with van der Waals surface area (Å²) in [6, 6.07) is 2.03. The Morgan fingerprint density at radius 2 is 1.89 bits per heavy atom. The summed E-state index contributed by atoms with van der Waals surface area (Å²) in [7, 11) is 0. The SMILES string of the molecule is O=S([O-])C(C1CCC(c2[nH]ncc3cnc4nccc4c23)CC1)N1CCCC(CN2CCCC2)C1. The molecule has 3 fully saturated rings. The van der Waals surface area contributed by atoms with Gasteiger partial charge >= 0.3 is 0 Å². The number of rotatable bonds is 6. The summed E-state index contributed by atoms with van der Waals surface area (Å²) in [5.41, 5.74) is 1.91. The number of piperidine rings is 1. The first-order valence-corrected chi connectivity index (χ1v) is 14.4. The highest BCUT2D eigenvalue weighted by Crippen LogP contribution is 2.41. The quantitative estimate of drug-likeness (QED) is 0.519. The fourth-order valence-corrected chi connectivity index (χ4v) is 8.00. The Hall–Kier alpha value is -1.94. The Kier molecular flexibility index (Phi) is 6.84. The Balaban J connectivity index is 1.16. The lowest BCUT2D eigenvalue weighted by atomic mass is 9.78. The van der Waals surface area contributed by atoms with Gasteiger partial charge in [0.25, 0.3) is 0 Å². The first-order valence-electron chi connectivity index (χ1n) is 13.3. The van der Waals surface area contributed by atoms with Crippen LogP contribution in [0.1, 0.15) is 63.0 Å². The van der Waals surface area contributed by atoms with Crippen LogP contribution in [0.5, 0.6) is 0 Å². The minimum atomic E-state index is -2.08. The second-order valence-corrected chi connectivity index (χ2v) is 11.8. The van der Waals surface area contributed by atoms with Crippen molar-refractivity contribution in [3.8, 4) is 0 Å². The molecule has 188 valence electrons. The van der Waals surface area contributed by atoms with E-state index in [1.807, 2.05) is 24.7 Å². The van der Waals surface area contributed by atoms with Crippen LogP contribution in [0.2, 0.25) is 0 Å². The summed E-state index contributed by atoms with van der Waals surface area (Å²) in [5, 5.41) is 10.6. The molecule has 3 aromatic rings. The topological polar surface area (TPSA) is 101 Å². The molecule has 9 heteroatoms. The maximum atomic E-state index is 12.5. The van der Waals surface area contributed by atoms with E-state index in [1.165, 1.54) is 32.4 Å². The molecule has 5 heterocycles. The average Bonchev–Trinajstić information content (AvgIpc) is 3.56. The van der Waals surface area contributed by atoms with Gasteiger partial charge in [-0.05, 0) is 100.0 Å². The highest BCUT2D eigenvalue weighted by Gasteiger charge is 2.36. The summed E-state index contributed by atoms with van der Waals surface area (Å²) >= 11 is -2.08. The van der Waals surface area contributed by atoms with Gasteiger partial charge in [-0.25, -0.2) is 9.97 Å². The molecular weight excluding hydrogens is 460 g/mol. The van der Waals surface area contributed by atoms with Crippen molar-refractivity contribution in [1.82, 2.24) is 30.0 Å². The van der Waals surface area contributed by atoms with Crippen LogP contribution in [0, 0.1) is 11.8 Å². The van der Waals surface area contributed by atoms with Crippen LogP contribution < -0.4 is 0 Å². The lowest BCUT2D eigenvalue weighted by molar-refractivity contribution is 0.0946. The number of nitrogens with one attached hydrogen (secondary N) is 1. The first-order chi connectivity index (χ1) is 17.2. The summed E-state index contributed by atoms with van der Waals surface area (Å²) in [4.78, 5) is 13.7. The predicted octanol–water partition coefficient (Wildman–Crippen LogP) is 3.79. The normalized spacial score (nSPS) is 28.5. The zero-order valence-corrected chi connectivity index (χ0v) is 21.1. The van der Waals surface area contributed by atoms with Gasteiger partial charge in [0.15, 0.2) is 5.65 Å². The molecule has 35 heavy (non-hydrogen) atoms. The molecule has 6 rings (SSSR count). The number of hydrogen-bond acceptors (Lipinski definition) is 7. The molecule has 1 aliphatic carbocycles. The number of likely N-dealkylation sites (tertiary alicyclic amines) is 2. The predicted molar refractivity (Wildman–Crippen MR) is 137 cm³/mol. The lowest BCUT2D eigenvalue weighted by Gasteiger charge is -2.45. The molecule has 0 amide bonds. The fraction of sp³-hybridized carbons (Fsp3) is 0.654. The molecule has 3 atom stereocenters. The Bertz CT molecular complexity index is 1190. The van der Waals surface area contributed by atoms with Crippen LogP contribution in [0.4, 0.5) is 0 Å². The van der Waals surface area contributed by atoms with Crippen molar-refractivity contribution in [2.75, 3.05) is 32.7 Å². The minimum Gasteiger partial charge on any atom is -0.771 e. The molecule has 2 aliphatic heterocycles. The molecule has 2 saturated heterocycles. The number of nitrogens with zero attached hydrogens (tertiary/aromatic N) is 5. The molecule has 1 N–H and O–H groups in total. The fourth-order valence-electron chi connectivity index (χ4n) is 6.97. The first kappa shape index (κ1) is 23.5. The van der Waals surface area contributed by atoms with Gasteiger partial charge in [0.05, 0.1) is 11.6 Å². The van der Waals surface area contributed by atoms with Gasteiger partial charge in [0.1, 0.15) is 0 Å². The second-order valence-electron chi connectivity index (χ2n) is 10.8. The Morgan fingerprint density at radius 1 is 1.06 bits per heavy atom. The van der Waals surface area contributed by atoms with E-state index < -0.39 is 11.1 Å². The average molecular weight is 496 g/mol. The van der Waals surface area contributed by atoms with Crippen molar-refractivity contribution >= 4 is 32.9 Å². The molecule has 0 spiro atoms. The zero-order chi connectivity index (χ0) is 23.8. The highest BCUT2D eigenvalue weighted by molar-refractivity contribution is 7.79. The van der Waals surface area contributed by atoms with Gasteiger partial charge in [0.2, 0.25) is 0 Å². The summed E-state index contributed by atoms with van der Waals surface area (Å²) in [6.07, 6.45) is 14.2. The van der Waals surface area contributed by atoms with Gasteiger partial charge < -0.3 is 9.45 Å². The van der Waals surface area contributed by atoms with Crippen LogP contribution in [0.15, 0.2) is 24.7 Å². The molecular formula is C26H35N6O2S-. The monoisotopic (exact) mass is 495 g/mol. The van der Waals surface area contributed by atoms with E-state index in [-0.39, 0.29) is 11.3 Å². The van der Waals surface area contributed by atoms with Gasteiger partial charge in [-0.3, -0.25) is 14.2 Å². The minimum absolute atomic E-state index is 0.195. The highest BCUT2D eigenvalue weighted by atomic mass is 32.2. The number of hydrogen-bond donors (Lipinski definition) is 1. The van der Waals surface area contributed by atoms with Gasteiger partial charge in [0, 0.05) is 53.3 Å². The second kappa shape index (κ2) is 10.2. The van der Waals surface area contributed by atoms with Crippen LogP contribution in [-0.4, -0.2) is 76.8 Å². The van der Waals surface area contributed by atoms with Crippen molar-refractivity contribution in [3.05, 3.63) is 30.4 Å². The molecule has 0 aromatic carbocycles. The molecule has 3 aromatic heterocycles. The molecule has 3 aliphatic rings. The zero-order valence-electron chi connectivity index (χ0n) is 20.3. The third kappa shape index (κ3) is 4.75. The van der Waals surface area contributed by atoms with Crippen molar-refractivity contribution < 1.29 is 8.76 Å². The molecule has 0 bridgehead atoms. The van der Waals surface area contributed by atoms with Crippen molar-refractivity contribution in [3.63, 3.8) is 0 Å². The lowest BCUT2D eigenvalue weighted by Crippen LogP contribution is -2.50. The van der Waals surface area contributed by atoms with Crippen LogP contribution in [0.25, 0.3) is 21.8 Å².